The maximum Gasteiger partial charge on any atom is 0.0897 e. The number of piperidine rings is 1. The van der Waals surface area contributed by atoms with Crippen LogP contribution in [0.2, 0.25) is 0 Å². The van der Waals surface area contributed by atoms with Crippen LogP contribution in [0.5, 0.6) is 0 Å². The number of likely N-dealkylation sites (tertiary alicyclic amines) is 1. The van der Waals surface area contributed by atoms with Gasteiger partial charge < -0.3 is 15.0 Å². The fourth-order valence-electron chi connectivity index (χ4n) is 4.69. The molecule has 0 unspecified atom stereocenters. The second-order valence-electron chi connectivity index (χ2n) is 7.70. The molecule has 1 aromatic carbocycles. The summed E-state index contributed by atoms with van der Waals surface area (Å²) in [4.78, 5) is 7.16. The number of aromatic nitrogens is 1. The molecule has 1 spiro atoms. The predicted octanol–water partition coefficient (Wildman–Crippen LogP) is 3.67. The van der Waals surface area contributed by atoms with E-state index >= 15 is 0 Å². The molecule has 2 aliphatic rings. The Kier molecular flexibility index (Phi) is 5.41. The SMILES string of the molecule is COCCN1CCC2(CC1)C[C@H](NCc1csc(C)n1)c1ccccc12. The molecule has 4 rings (SSSR count). The molecule has 0 saturated carbocycles. The molecule has 1 N–H and O–H groups in total. The van der Waals surface area contributed by atoms with Crippen molar-refractivity contribution < 1.29 is 4.74 Å². The summed E-state index contributed by atoms with van der Waals surface area (Å²) in [6.45, 7) is 7.18. The molecule has 1 aliphatic heterocycles. The second kappa shape index (κ2) is 7.77. The van der Waals surface area contributed by atoms with Gasteiger partial charge in [0, 0.05) is 31.6 Å². The molecule has 2 heterocycles. The van der Waals surface area contributed by atoms with Gasteiger partial charge in [0.05, 0.1) is 17.3 Å². The van der Waals surface area contributed by atoms with Crippen molar-refractivity contribution in [3.63, 3.8) is 0 Å². The van der Waals surface area contributed by atoms with Crippen LogP contribution in [-0.4, -0.2) is 43.2 Å². The smallest absolute Gasteiger partial charge is 0.0897 e. The summed E-state index contributed by atoms with van der Waals surface area (Å²) in [5.41, 5.74) is 4.60. The van der Waals surface area contributed by atoms with Gasteiger partial charge in [-0.3, -0.25) is 0 Å². The highest BCUT2D eigenvalue weighted by Gasteiger charge is 2.44. The van der Waals surface area contributed by atoms with Crippen molar-refractivity contribution in [1.29, 1.82) is 0 Å². The Morgan fingerprint density at radius 3 is 2.85 bits per heavy atom. The van der Waals surface area contributed by atoms with Crippen LogP contribution in [0.1, 0.15) is 47.1 Å². The van der Waals surface area contributed by atoms with Gasteiger partial charge in [0.15, 0.2) is 0 Å². The van der Waals surface area contributed by atoms with E-state index < -0.39 is 0 Å². The van der Waals surface area contributed by atoms with Crippen molar-refractivity contribution in [3.8, 4) is 0 Å². The highest BCUT2D eigenvalue weighted by molar-refractivity contribution is 7.09. The first-order chi connectivity index (χ1) is 12.7. The van der Waals surface area contributed by atoms with Crippen molar-refractivity contribution in [2.24, 2.45) is 0 Å². The lowest BCUT2D eigenvalue weighted by Crippen LogP contribution is -2.43. The number of hydrogen-bond donors (Lipinski definition) is 1. The van der Waals surface area contributed by atoms with E-state index in [0.29, 0.717) is 11.5 Å². The van der Waals surface area contributed by atoms with Gasteiger partial charge >= 0.3 is 0 Å². The number of ether oxygens (including phenoxy) is 1. The number of hydrogen-bond acceptors (Lipinski definition) is 5. The Hall–Kier alpha value is -1.27. The van der Waals surface area contributed by atoms with E-state index in [1.54, 1.807) is 24.0 Å². The van der Waals surface area contributed by atoms with Gasteiger partial charge in [0.25, 0.3) is 0 Å². The molecule has 2 aromatic rings. The summed E-state index contributed by atoms with van der Waals surface area (Å²) in [6, 6.07) is 9.54. The van der Waals surface area contributed by atoms with Crippen LogP contribution >= 0.6 is 11.3 Å². The molecule has 1 aromatic heterocycles. The third kappa shape index (κ3) is 3.58. The molecular weight excluding hydrogens is 342 g/mol. The van der Waals surface area contributed by atoms with Crippen molar-refractivity contribution in [2.75, 3.05) is 33.4 Å². The number of aryl methyl sites for hydroxylation is 1. The maximum absolute atomic E-state index is 5.25. The number of fused-ring (bicyclic) bond motifs is 2. The predicted molar refractivity (Wildman–Crippen MR) is 107 cm³/mol. The molecule has 1 saturated heterocycles. The average molecular weight is 372 g/mol. The average Bonchev–Trinajstić information content (AvgIpc) is 3.22. The first-order valence-electron chi connectivity index (χ1n) is 9.65. The first-order valence-corrected chi connectivity index (χ1v) is 10.5. The zero-order valence-corrected chi connectivity index (χ0v) is 16.6. The zero-order chi connectivity index (χ0) is 18.0. The Balaban J connectivity index is 1.46. The largest absolute Gasteiger partial charge is 0.383 e. The lowest BCUT2D eigenvalue weighted by molar-refractivity contribution is 0.107. The highest BCUT2D eigenvalue weighted by atomic mass is 32.1. The van der Waals surface area contributed by atoms with Crippen LogP contribution in [0, 0.1) is 6.92 Å². The van der Waals surface area contributed by atoms with Crippen molar-refractivity contribution in [3.05, 3.63) is 51.5 Å². The summed E-state index contributed by atoms with van der Waals surface area (Å²) < 4.78 is 5.25. The van der Waals surface area contributed by atoms with Crippen molar-refractivity contribution >= 4 is 11.3 Å². The van der Waals surface area contributed by atoms with Gasteiger partial charge in [-0.1, -0.05) is 24.3 Å². The van der Waals surface area contributed by atoms with Crippen molar-refractivity contribution in [1.82, 2.24) is 15.2 Å². The molecule has 0 amide bonds. The number of nitrogens with zero attached hydrogens (tertiary/aromatic N) is 2. The van der Waals surface area contributed by atoms with Crippen LogP contribution in [0.25, 0.3) is 0 Å². The third-order valence-electron chi connectivity index (χ3n) is 6.12. The van der Waals surface area contributed by atoms with E-state index in [2.05, 4.69) is 51.8 Å². The van der Waals surface area contributed by atoms with E-state index in [1.807, 2.05) is 0 Å². The number of methoxy groups -OCH3 is 1. The minimum Gasteiger partial charge on any atom is -0.383 e. The van der Waals surface area contributed by atoms with Gasteiger partial charge in [-0.2, -0.15) is 0 Å². The summed E-state index contributed by atoms with van der Waals surface area (Å²) >= 11 is 1.73. The zero-order valence-electron chi connectivity index (χ0n) is 15.8. The van der Waals surface area contributed by atoms with Crippen LogP contribution < -0.4 is 5.32 Å². The molecule has 1 aliphatic carbocycles. The molecule has 1 fully saturated rings. The van der Waals surface area contributed by atoms with Gasteiger partial charge in [0.1, 0.15) is 0 Å². The number of thiazole rings is 1. The van der Waals surface area contributed by atoms with Crippen LogP contribution in [-0.2, 0) is 16.7 Å². The minimum atomic E-state index is 0.343. The Labute approximate surface area is 160 Å². The highest BCUT2D eigenvalue weighted by Crippen LogP contribution is 2.50. The summed E-state index contributed by atoms with van der Waals surface area (Å²) in [6.07, 6.45) is 3.72. The number of rotatable bonds is 6. The van der Waals surface area contributed by atoms with E-state index in [-0.39, 0.29) is 0 Å². The van der Waals surface area contributed by atoms with Crippen LogP contribution in [0.4, 0.5) is 0 Å². The standard InChI is InChI=1S/C21H29N3OS/c1-16-23-17(15-26-16)14-22-20-13-21(19-6-4-3-5-18(19)20)7-9-24(10-8-21)11-12-25-2/h3-6,15,20,22H,7-14H2,1-2H3/t20-/m0/s1. The van der Waals surface area contributed by atoms with Crippen molar-refractivity contribution in [2.45, 2.75) is 44.2 Å². The van der Waals surface area contributed by atoms with Crippen LogP contribution in [0.15, 0.2) is 29.6 Å². The van der Waals surface area contributed by atoms with E-state index in [4.69, 9.17) is 4.74 Å². The van der Waals surface area contributed by atoms with E-state index in [1.165, 1.54) is 43.6 Å². The molecule has 0 radical (unpaired) electrons. The molecule has 1 atom stereocenters. The Morgan fingerprint density at radius 1 is 1.31 bits per heavy atom. The van der Waals surface area contributed by atoms with E-state index in [0.717, 1.165) is 24.7 Å². The maximum atomic E-state index is 5.25. The molecule has 0 bridgehead atoms. The van der Waals surface area contributed by atoms with Gasteiger partial charge in [0.2, 0.25) is 0 Å². The lowest BCUT2D eigenvalue weighted by Gasteiger charge is -2.40. The Morgan fingerprint density at radius 2 is 2.12 bits per heavy atom. The molecule has 5 heteroatoms. The van der Waals surface area contributed by atoms with Gasteiger partial charge in [-0.25, -0.2) is 4.98 Å². The van der Waals surface area contributed by atoms with Gasteiger partial charge in [-0.15, -0.1) is 11.3 Å². The van der Waals surface area contributed by atoms with Gasteiger partial charge in [-0.05, 0) is 55.8 Å². The number of nitrogens with one attached hydrogen (secondary N) is 1. The minimum absolute atomic E-state index is 0.343. The molecule has 26 heavy (non-hydrogen) atoms. The fourth-order valence-corrected chi connectivity index (χ4v) is 5.30. The summed E-state index contributed by atoms with van der Waals surface area (Å²) in [5.74, 6) is 0. The normalized spacial score (nSPS) is 22.0. The topological polar surface area (TPSA) is 37.4 Å². The van der Waals surface area contributed by atoms with Crippen LogP contribution in [0.3, 0.4) is 0 Å². The lowest BCUT2D eigenvalue weighted by atomic mass is 9.73. The summed E-state index contributed by atoms with van der Waals surface area (Å²) in [5, 5.41) is 7.12. The summed E-state index contributed by atoms with van der Waals surface area (Å²) in [7, 11) is 1.79. The third-order valence-corrected chi connectivity index (χ3v) is 6.95. The monoisotopic (exact) mass is 371 g/mol. The fraction of sp³-hybridized carbons (Fsp3) is 0.571. The van der Waals surface area contributed by atoms with E-state index in [9.17, 15) is 0 Å². The second-order valence-corrected chi connectivity index (χ2v) is 8.76. The molecule has 140 valence electrons. The molecule has 4 nitrogen and oxygen atoms in total. The molecular formula is C21H29N3OS. The first kappa shape index (κ1) is 18.1. The quantitative estimate of drug-likeness (QED) is 0.841. The Bertz CT molecular complexity index is 736. The number of benzene rings is 1.